The quantitative estimate of drug-likeness (QED) is 0.335. The molecule has 0 fully saturated rings. The summed E-state index contributed by atoms with van der Waals surface area (Å²) in [6.07, 6.45) is 0. The molecule has 0 bridgehead atoms. The first-order valence-electron chi connectivity index (χ1n) is 9.50. The van der Waals surface area contributed by atoms with Gasteiger partial charge in [0.1, 0.15) is 17.2 Å². The molecule has 2 heterocycles. The Morgan fingerprint density at radius 2 is 2.10 bits per heavy atom. The van der Waals surface area contributed by atoms with Crippen molar-refractivity contribution in [2.45, 2.75) is 39.4 Å². The number of nitrogens with zero attached hydrogens (tertiary/aromatic N) is 2. The standard InChI is InChI=1S/C21H25N3O3S2/c1-5-24-20(26)18-14(3)15(4)29-19(18)23-21(24)28-12-17(25)22-9-10-27-16-8-6-7-13(2)11-16/h6-8,11H,5,9-10,12H2,1-4H3,(H,22,25). The second-order valence-corrected chi connectivity index (χ2v) is 8.86. The maximum absolute atomic E-state index is 12.8. The second-order valence-electron chi connectivity index (χ2n) is 6.71. The summed E-state index contributed by atoms with van der Waals surface area (Å²) >= 11 is 2.81. The zero-order valence-corrected chi connectivity index (χ0v) is 18.7. The van der Waals surface area contributed by atoms with Crippen molar-refractivity contribution in [2.75, 3.05) is 18.9 Å². The van der Waals surface area contributed by atoms with Crippen LogP contribution in [0.5, 0.6) is 5.75 Å². The smallest absolute Gasteiger partial charge is 0.263 e. The summed E-state index contributed by atoms with van der Waals surface area (Å²) < 4.78 is 7.28. The van der Waals surface area contributed by atoms with Crippen molar-refractivity contribution in [3.8, 4) is 5.75 Å². The van der Waals surface area contributed by atoms with Crippen molar-refractivity contribution in [2.24, 2.45) is 0 Å². The van der Waals surface area contributed by atoms with Crippen molar-refractivity contribution in [1.29, 1.82) is 0 Å². The minimum absolute atomic E-state index is 0.0335. The summed E-state index contributed by atoms with van der Waals surface area (Å²) in [5, 5.41) is 4.12. The molecule has 0 saturated heterocycles. The van der Waals surface area contributed by atoms with E-state index in [-0.39, 0.29) is 17.2 Å². The third-order valence-electron chi connectivity index (χ3n) is 4.58. The molecule has 2 aromatic heterocycles. The molecule has 1 N–H and O–H groups in total. The molecule has 8 heteroatoms. The summed E-state index contributed by atoms with van der Waals surface area (Å²) in [5.74, 6) is 0.879. The highest BCUT2D eigenvalue weighted by Gasteiger charge is 2.16. The minimum atomic E-state index is -0.113. The average molecular weight is 432 g/mol. The van der Waals surface area contributed by atoms with Gasteiger partial charge in [-0.05, 0) is 51.0 Å². The Morgan fingerprint density at radius 3 is 2.83 bits per heavy atom. The molecule has 3 rings (SSSR count). The van der Waals surface area contributed by atoms with Gasteiger partial charge in [0.25, 0.3) is 5.56 Å². The first kappa shape index (κ1) is 21.4. The summed E-state index contributed by atoms with van der Waals surface area (Å²) in [7, 11) is 0. The van der Waals surface area contributed by atoms with Crippen LogP contribution >= 0.6 is 23.1 Å². The summed E-state index contributed by atoms with van der Waals surface area (Å²) in [6, 6.07) is 7.79. The fraction of sp³-hybridized carbons (Fsp3) is 0.381. The van der Waals surface area contributed by atoms with Crippen LogP contribution in [0.2, 0.25) is 0 Å². The van der Waals surface area contributed by atoms with Gasteiger partial charge in [-0.25, -0.2) is 4.98 Å². The molecule has 0 spiro atoms. The third-order valence-corrected chi connectivity index (χ3v) is 6.66. The molecular weight excluding hydrogens is 406 g/mol. The number of hydrogen-bond donors (Lipinski definition) is 1. The number of thiophene rings is 1. The van der Waals surface area contributed by atoms with Crippen LogP contribution in [-0.4, -0.2) is 34.4 Å². The number of aromatic nitrogens is 2. The van der Waals surface area contributed by atoms with Crippen LogP contribution in [0.15, 0.2) is 34.2 Å². The van der Waals surface area contributed by atoms with Gasteiger partial charge in [0.05, 0.1) is 17.7 Å². The van der Waals surface area contributed by atoms with Crippen molar-refractivity contribution >= 4 is 39.2 Å². The lowest BCUT2D eigenvalue weighted by molar-refractivity contribution is -0.118. The van der Waals surface area contributed by atoms with E-state index in [1.807, 2.05) is 52.0 Å². The first-order chi connectivity index (χ1) is 13.9. The molecule has 0 unspecified atom stereocenters. The van der Waals surface area contributed by atoms with E-state index >= 15 is 0 Å². The number of benzene rings is 1. The number of amides is 1. The molecule has 1 amide bonds. The van der Waals surface area contributed by atoms with Gasteiger partial charge in [-0.15, -0.1) is 11.3 Å². The van der Waals surface area contributed by atoms with Gasteiger partial charge in [-0.2, -0.15) is 0 Å². The number of rotatable bonds is 8. The predicted octanol–water partition coefficient (Wildman–Crippen LogP) is 3.69. The average Bonchev–Trinajstić information content (AvgIpc) is 2.97. The van der Waals surface area contributed by atoms with Gasteiger partial charge in [-0.3, -0.25) is 14.2 Å². The number of carbonyl (C=O) groups is 1. The predicted molar refractivity (Wildman–Crippen MR) is 119 cm³/mol. The van der Waals surface area contributed by atoms with Crippen LogP contribution in [0, 0.1) is 20.8 Å². The molecule has 6 nitrogen and oxygen atoms in total. The molecule has 0 aliphatic rings. The molecule has 0 aliphatic carbocycles. The molecular formula is C21H25N3O3S2. The number of aryl methyl sites for hydroxylation is 3. The maximum atomic E-state index is 12.8. The Labute approximate surface area is 178 Å². The van der Waals surface area contributed by atoms with E-state index in [0.29, 0.717) is 30.2 Å². The van der Waals surface area contributed by atoms with Gasteiger partial charge < -0.3 is 10.1 Å². The number of carbonyl (C=O) groups excluding carboxylic acids is 1. The SMILES string of the molecule is CCn1c(SCC(=O)NCCOc2cccc(C)c2)nc2sc(C)c(C)c2c1=O. The van der Waals surface area contributed by atoms with Crippen molar-refractivity contribution in [3.05, 3.63) is 50.6 Å². The number of ether oxygens (including phenoxy) is 1. The molecule has 0 aliphatic heterocycles. The Bertz CT molecular complexity index is 1090. The van der Waals surface area contributed by atoms with Crippen LogP contribution in [0.3, 0.4) is 0 Å². The Morgan fingerprint density at radius 1 is 1.31 bits per heavy atom. The summed E-state index contributed by atoms with van der Waals surface area (Å²) in [5.41, 5.74) is 2.09. The van der Waals surface area contributed by atoms with Crippen LogP contribution in [-0.2, 0) is 11.3 Å². The third kappa shape index (κ3) is 5.00. The zero-order valence-electron chi connectivity index (χ0n) is 17.1. The van der Waals surface area contributed by atoms with Crippen molar-refractivity contribution in [1.82, 2.24) is 14.9 Å². The summed E-state index contributed by atoms with van der Waals surface area (Å²) in [4.78, 5) is 31.5. The normalized spacial score (nSPS) is 11.0. The lowest BCUT2D eigenvalue weighted by Gasteiger charge is -2.11. The molecule has 154 valence electrons. The topological polar surface area (TPSA) is 73.2 Å². The Balaban J connectivity index is 1.57. The molecule has 0 radical (unpaired) electrons. The Kier molecular flexibility index (Phi) is 6.97. The lowest BCUT2D eigenvalue weighted by atomic mass is 10.2. The van der Waals surface area contributed by atoms with E-state index in [4.69, 9.17) is 4.74 Å². The molecule has 0 saturated carbocycles. The monoisotopic (exact) mass is 431 g/mol. The van der Waals surface area contributed by atoms with Crippen LogP contribution in [0.4, 0.5) is 0 Å². The van der Waals surface area contributed by atoms with E-state index in [0.717, 1.165) is 26.6 Å². The van der Waals surface area contributed by atoms with Gasteiger partial charge in [0.15, 0.2) is 5.16 Å². The van der Waals surface area contributed by atoms with Crippen molar-refractivity contribution < 1.29 is 9.53 Å². The van der Waals surface area contributed by atoms with E-state index in [1.54, 1.807) is 4.57 Å². The van der Waals surface area contributed by atoms with Crippen LogP contribution < -0.4 is 15.6 Å². The highest BCUT2D eigenvalue weighted by Crippen LogP contribution is 2.28. The highest BCUT2D eigenvalue weighted by molar-refractivity contribution is 7.99. The van der Waals surface area contributed by atoms with Gasteiger partial charge >= 0.3 is 0 Å². The molecule has 3 aromatic rings. The maximum Gasteiger partial charge on any atom is 0.263 e. The largest absolute Gasteiger partial charge is 0.492 e. The van der Waals surface area contributed by atoms with Gasteiger partial charge in [0.2, 0.25) is 5.91 Å². The fourth-order valence-electron chi connectivity index (χ4n) is 2.94. The van der Waals surface area contributed by atoms with E-state index < -0.39 is 0 Å². The van der Waals surface area contributed by atoms with E-state index in [2.05, 4.69) is 10.3 Å². The number of thioether (sulfide) groups is 1. The van der Waals surface area contributed by atoms with E-state index in [1.165, 1.54) is 23.1 Å². The van der Waals surface area contributed by atoms with E-state index in [9.17, 15) is 9.59 Å². The molecule has 1 aromatic carbocycles. The molecule has 29 heavy (non-hydrogen) atoms. The zero-order chi connectivity index (χ0) is 21.0. The fourth-order valence-corrected chi connectivity index (χ4v) is 4.91. The minimum Gasteiger partial charge on any atom is -0.492 e. The first-order valence-corrected chi connectivity index (χ1v) is 11.3. The van der Waals surface area contributed by atoms with Crippen LogP contribution in [0.25, 0.3) is 10.2 Å². The second kappa shape index (κ2) is 9.45. The van der Waals surface area contributed by atoms with Crippen molar-refractivity contribution in [3.63, 3.8) is 0 Å². The lowest BCUT2D eigenvalue weighted by Crippen LogP contribution is -2.30. The number of fused-ring (bicyclic) bond motifs is 1. The van der Waals surface area contributed by atoms with Crippen LogP contribution in [0.1, 0.15) is 22.9 Å². The summed E-state index contributed by atoms with van der Waals surface area (Å²) in [6.45, 7) is 9.21. The Hall–Kier alpha value is -2.32. The van der Waals surface area contributed by atoms with Gasteiger partial charge in [-0.1, -0.05) is 23.9 Å². The number of hydrogen-bond acceptors (Lipinski definition) is 6. The molecule has 0 atom stereocenters. The van der Waals surface area contributed by atoms with Gasteiger partial charge in [0, 0.05) is 11.4 Å². The number of nitrogens with one attached hydrogen (secondary N) is 1. The highest BCUT2D eigenvalue weighted by atomic mass is 32.2.